The van der Waals surface area contributed by atoms with Gasteiger partial charge in [0.2, 0.25) is 0 Å². The summed E-state index contributed by atoms with van der Waals surface area (Å²) in [5.41, 5.74) is 2.11. The summed E-state index contributed by atoms with van der Waals surface area (Å²) in [5.74, 6) is -0.297. The Kier molecular flexibility index (Phi) is 4.33. The zero-order chi connectivity index (χ0) is 17.1. The molecule has 0 bridgehead atoms. The Morgan fingerprint density at radius 2 is 1.79 bits per heavy atom. The van der Waals surface area contributed by atoms with Crippen LogP contribution in [-0.2, 0) is 6.54 Å². The van der Waals surface area contributed by atoms with Crippen molar-refractivity contribution in [2.24, 2.45) is 0 Å². The van der Waals surface area contributed by atoms with E-state index in [9.17, 15) is 9.59 Å². The second-order valence-electron chi connectivity index (χ2n) is 5.84. The summed E-state index contributed by atoms with van der Waals surface area (Å²) in [6.07, 6.45) is 0. The van der Waals surface area contributed by atoms with Crippen LogP contribution in [0.15, 0.2) is 59.4 Å². The lowest BCUT2D eigenvalue weighted by Crippen LogP contribution is -2.26. The molecule has 5 heteroatoms. The fourth-order valence-corrected chi connectivity index (χ4v) is 2.52. The molecule has 3 rings (SSSR count). The van der Waals surface area contributed by atoms with Gasteiger partial charge >= 0.3 is 0 Å². The number of aromatic amines is 1. The van der Waals surface area contributed by atoms with Gasteiger partial charge in [0.25, 0.3) is 11.5 Å². The van der Waals surface area contributed by atoms with Crippen molar-refractivity contribution < 1.29 is 4.79 Å². The van der Waals surface area contributed by atoms with E-state index in [0.717, 1.165) is 16.6 Å². The van der Waals surface area contributed by atoms with Gasteiger partial charge < -0.3 is 15.2 Å². The molecule has 1 heterocycles. The number of hydrogen-bond donors (Lipinski definition) is 2. The van der Waals surface area contributed by atoms with Gasteiger partial charge in [0.05, 0.1) is 0 Å². The van der Waals surface area contributed by atoms with E-state index in [1.54, 1.807) is 18.2 Å². The number of nitrogens with zero attached hydrogens (tertiary/aromatic N) is 1. The molecule has 0 spiro atoms. The second-order valence-corrected chi connectivity index (χ2v) is 5.84. The van der Waals surface area contributed by atoms with Crippen LogP contribution in [0.4, 0.5) is 5.69 Å². The normalized spacial score (nSPS) is 10.6. The molecule has 2 N–H and O–H groups in total. The summed E-state index contributed by atoms with van der Waals surface area (Å²) in [5, 5.41) is 4.16. The van der Waals surface area contributed by atoms with Gasteiger partial charge in [-0.05, 0) is 35.2 Å². The maximum Gasteiger partial charge on any atom is 0.268 e. The lowest BCUT2D eigenvalue weighted by molar-refractivity contribution is 0.0946. The van der Waals surface area contributed by atoms with Crippen molar-refractivity contribution in [3.8, 4) is 0 Å². The number of H-pyrrole nitrogens is 1. The fraction of sp³-hybridized carbons (Fsp3) is 0.158. The summed E-state index contributed by atoms with van der Waals surface area (Å²) >= 11 is 0. The largest absolute Gasteiger partial charge is 0.378 e. The minimum atomic E-state index is -0.297. The van der Waals surface area contributed by atoms with Crippen LogP contribution in [0.5, 0.6) is 0 Å². The Hall–Kier alpha value is -3.08. The first-order chi connectivity index (χ1) is 11.5. The molecular weight excluding hydrogens is 302 g/mol. The van der Waals surface area contributed by atoms with Crippen LogP contribution in [0, 0.1) is 0 Å². The minimum absolute atomic E-state index is 0.256. The van der Waals surface area contributed by atoms with Gasteiger partial charge in [-0.2, -0.15) is 0 Å². The molecule has 1 aromatic heterocycles. The first-order valence-electron chi connectivity index (χ1n) is 7.71. The smallest absolute Gasteiger partial charge is 0.268 e. The molecule has 122 valence electrons. The Balaban J connectivity index is 1.74. The predicted octanol–water partition coefficient (Wildman–Crippen LogP) is 2.52. The van der Waals surface area contributed by atoms with E-state index in [0.29, 0.717) is 11.9 Å². The molecule has 0 fully saturated rings. The number of nitrogens with one attached hydrogen (secondary N) is 2. The van der Waals surface area contributed by atoms with Crippen LogP contribution in [0.2, 0.25) is 0 Å². The number of carbonyl (C=O) groups is 1. The van der Waals surface area contributed by atoms with Crippen LogP contribution < -0.4 is 15.8 Å². The van der Waals surface area contributed by atoms with Crippen LogP contribution in [-0.4, -0.2) is 25.0 Å². The molecule has 24 heavy (non-hydrogen) atoms. The number of benzene rings is 2. The van der Waals surface area contributed by atoms with Crippen molar-refractivity contribution in [3.63, 3.8) is 0 Å². The molecule has 0 saturated heterocycles. The van der Waals surface area contributed by atoms with Gasteiger partial charge in [-0.3, -0.25) is 9.59 Å². The van der Waals surface area contributed by atoms with Crippen molar-refractivity contribution in [1.82, 2.24) is 10.3 Å². The Labute approximate surface area is 139 Å². The molecular formula is C19H19N3O2. The number of pyridine rings is 1. The van der Waals surface area contributed by atoms with Crippen LogP contribution >= 0.6 is 0 Å². The molecule has 2 aromatic carbocycles. The van der Waals surface area contributed by atoms with Gasteiger partial charge in [0, 0.05) is 31.7 Å². The monoisotopic (exact) mass is 321 g/mol. The lowest BCUT2D eigenvalue weighted by Gasteiger charge is -2.13. The van der Waals surface area contributed by atoms with Crippen LogP contribution in [0.1, 0.15) is 16.1 Å². The van der Waals surface area contributed by atoms with E-state index in [1.165, 1.54) is 0 Å². The quantitative estimate of drug-likeness (QED) is 0.776. The maximum absolute atomic E-state index is 12.3. The number of carbonyl (C=O) groups excluding carboxylic acids is 1. The summed E-state index contributed by atoms with van der Waals surface area (Å²) in [4.78, 5) is 29.0. The van der Waals surface area contributed by atoms with Gasteiger partial charge in [-0.1, -0.05) is 30.3 Å². The van der Waals surface area contributed by atoms with E-state index in [2.05, 4.69) is 10.3 Å². The molecule has 0 unspecified atom stereocenters. The highest BCUT2D eigenvalue weighted by atomic mass is 16.2. The predicted molar refractivity (Wildman–Crippen MR) is 96.5 cm³/mol. The van der Waals surface area contributed by atoms with Gasteiger partial charge in [0.1, 0.15) is 5.69 Å². The molecule has 5 nitrogen and oxygen atoms in total. The zero-order valence-electron chi connectivity index (χ0n) is 13.7. The van der Waals surface area contributed by atoms with Crippen molar-refractivity contribution in [2.75, 3.05) is 19.0 Å². The minimum Gasteiger partial charge on any atom is -0.378 e. The summed E-state index contributed by atoms with van der Waals surface area (Å²) < 4.78 is 0. The fourth-order valence-electron chi connectivity index (χ4n) is 2.52. The van der Waals surface area contributed by atoms with Crippen molar-refractivity contribution >= 4 is 22.4 Å². The lowest BCUT2D eigenvalue weighted by atomic mass is 10.1. The average molecular weight is 321 g/mol. The third-order valence-electron chi connectivity index (χ3n) is 3.90. The second kappa shape index (κ2) is 6.58. The molecule has 0 aliphatic carbocycles. The topological polar surface area (TPSA) is 65.2 Å². The van der Waals surface area contributed by atoms with Crippen LogP contribution in [0.25, 0.3) is 10.8 Å². The Morgan fingerprint density at radius 1 is 1.08 bits per heavy atom. The molecule has 0 atom stereocenters. The van der Waals surface area contributed by atoms with E-state index in [1.807, 2.05) is 55.4 Å². The Morgan fingerprint density at radius 3 is 2.50 bits per heavy atom. The van der Waals surface area contributed by atoms with E-state index >= 15 is 0 Å². The standard InChI is InChI=1S/C19H19N3O2/c1-22(2)15-9-7-13(8-10-15)12-20-19(24)17-11-14-5-3-4-6-16(14)18(23)21-17/h3-11H,12H2,1-2H3,(H,20,24)(H,21,23). The van der Waals surface area contributed by atoms with Crippen molar-refractivity contribution in [2.45, 2.75) is 6.54 Å². The van der Waals surface area contributed by atoms with Gasteiger partial charge in [-0.25, -0.2) is 0 Å². The number of rotatable bonds is 4. The van der Waals surface area contributed by atoms with Crippen molar-refractivity contribution in [3.05, 3.63) is 76.2 Å². The summed E-state index contributed by atoms with van der Waals surface area (Å²) in [6.45, 7) is 0.404. The van der Waals surface area contributed by atoms with Crippen molar-refractivity contribution in [1.29, 1.82) is 0 Å². The first kappa shape index (κ1) is 15.8. The maximum atomic E-state index is 12.3. The first-order valence-corrected chi connectivity index (χ1v) is 7.71. The zero-order valence-corrected chi connectivity index (χ0v) is 13.7. The number of anilines is 1. The number of hydrogen-bond acceptors (Lipinski definition) is 3. The highest BCUT2D eigenvalue weighted by Gasteiger charge is 2.09. The molecule has 1 amide bonds. The highest BCUT2D eigenvalue weighted by molar-refractivity contribution is 5.96. The molecule has 3 aromatic rings. The molecule has 0 aliphatic rings. The summed E-state index contributed by atoms with van der Waals surface area (Å²) in [6, 6.07) is 16.8. The molecule has 0 saturated carbocycles. The van der Waals surface area contributed by atoms with Gasteiger partial charge in [0.15, 0.2) is 0 Å². The van der Waals surface area contributed by atoms with Crippen LogP contribution in [0.3, 0.4) is 0 Å². The van der Waals surface area contributed by atoms with E-state index in [4.69, 9.17) is 0 Å². The number of fused-ring (bicyclic) bond motifs is 1. The van der Waals surface area contributed by atoms with E-state index in [-0.39, 0.29) is 17.2 Å². The molecule has 0 aliphatic heterocycles. The Bertz CT molecular complexity index is 927. The highest BCUT2D eigenvalue weighted by Crippen LogP contribution is 2.13. The SMILES string of the molecule is CN(C)c1ccc(CNC(=O)c2cc3ccccc3c(=O)[nH]2)cc1. The summed E-state index contributed by atoms with van der Waals surface area (Å²) in [7, 11) is 3.96. The average Bonchev–Trinajstić information content (AvgIpc) is 2.60. The third-order valence-corrected chi connectivity index (χ3v) is 3.90. The number of amides is 1. The van der Waals surface area contributed by atoms with E-state index < -0.39 is 0 Å². The number of aromatic nitrogens is 1. The molecule has 0 radical (unpaired) electrons. The van der Waals surface area contributed by atoms with Gasteiger partial charge in [-0.15, -0.1) is 0 Å². The third kappa shape index (κ3) is 3.30.